The molecule has 7 nitrogen and oxygen atoms in total. The molecular weight excluding hydrogens is 498 g/mol. The molecule has 3 rings (SSSR count). The quantitative estimate of drug-likeness (QED) is 0.381. The van der Waals surface area contributed by atoms with E-state index in [0.29, 0.717) is 12.1 Å². The fraction of sp³-hybridized carbons (Fsp3) is 0.333. The van der Waals surface area contributed by atoms with Gasteiger partial charge in [0.2, 0.25) is 11.8 Å². The molecule has 3 aromatic rings. The van der Waals surface area contributed by atoms with Gasteiger partial charge in [-0.2, -0.15) is 0 Å². The van der Waals surface area contributed by atoms with Gasteiger partial charge < -0.3 is 10.2 Å². The highest BCUT2D eigenvalue weighted by molar-refractivity contribution is 7.92. The predicted octanol–water partition coefficient (Wildman–Crippen LogP) is 4.83. The first kappa shape index (κ1) is 28.9. The number of hydrogen-bond acceptors (Lipinski definition) is 4. The number of benzene rings is 3. The zero-order valence-electron chi connectivity index (χ0n) is 22.7. The Bertz CT molecular complexity index is 1340. The van der Waals surface area contributed by atoms with Crippen molar-refractivity contribution < 1.29 is 18.0 Å². The Morgan fingerprint density at radius 2 is 1.50 bits per heavy atom. The Morgan fingerprint density at radius 1 is 0.895 bits per heavy atom. The van der Waals surface area contributed by atoms with Crippen LogP contribution in [0.5, 0.6) is 0 Å². The molecule has 202 valence electrons. The third-order valence-corrected chi connectivity index (χ3v) is 8.02. The van der Waals surface area contributed by atoms with Crippen LogP contribution in [0.1, 0.15) is 43.9 Å². The number of carbonyl (C=O) groups is 2. The summed E-state index contributed by atoms with van der Waals surface area (Å²) in [5, 5.41) is 2.91. The van der Waals surface area contributed by atoms with E-state index < -0.39 is 28.5 Å². The Balaban J connectivity index is 2.07. The SMILES string of the molecule is CCC(C(=O)NC(C)C)N(Cc1ccccc1)C(=O)CN(c1ccc(C)cc1C)S(=O)(=O)c1ccccc1. The number of rotatable bonds is 11. The normalized spacial score (nSPS) is 12.2. The Morgan fingerprint density at radius 3 is 2.05 bits per heavy atom. The van der Waals surface area contributed by atoms with Gasteiger partial charge in [-0.25, -0.2) is 8.42 Å². The highest BCUT2D eigenvalue weighted by Crippen LogP contribution is 2.28. The Kier molecular flexibility index (Phi) is 9.69. The van der Waals surface area contributed by atoms with E-state index in [-0.39, 0.29) is 23.4 Å². The van der Waals surface area contributed by atoms with Crippen molar-refractivity contribution in [1.82, 2.24) is 10.2 Å². The van der Waals surface area contributed by atoms with Gasteiger partial charge in [-0.1, -0.05) is 73.2 Å². The number of anilines is 1. The van der Waals surface area contributed by atoms with Gasteiger partial charge in [-0.15, -0.1) is 0 Å². The molecule has 0 fully saturated rings. The molecule has 0 aromatic heterocycles. The molecular formula is C30H37N3O4S. The van der Waals surface area contributed by atoms with E-state index in [4.69, 9.17) is 0 Å². The van der Waals surface area contributed by atoms with Gasteiger partial charge in [0.15, 0.2) is 0 Å². The van der Waals surface area contributed by atoms with Crippen LogP contribution in [0.25, 0.3) is 0 Å². The van der Waals surface area contributed by atoms with Crippen molar-refractivity contribution in [3.8, 4) is 0 Å². The molecule has 0 radical (unpaired) electrons. The number of amides is 2. The number of hydrogen-bond donors (Lipinski definition) is 1. The van der Waals surface area contributed by atoms with Crippen LogP contribution in [0.4, 0.5) is 5.69 Å². The Hall–Kier alpha value is -3.65. The Labute approximate surface area is 226 Å². The van der Waals surface area contributed by atoms with E-state index in [1.807, 2.05) is 77.1 Å². The summed E-state index contributed by atoms with van der Waals surface area (Å²) in [6.07, 6.45) is 0.381. The monoisotopic (exact) mass is 535 g/mol. The number of nitrogens with one attached hydrogen (secondary N) is 1. The van der Waals surface area contributed by atoms with Gasteiger partial charge in [0, 0.05) is 12.6 Å². The number of aryl methyl sites for hydroxylation is 2. The lowest BCUT2D eigenvalue weighted by molar-refractivity contribution is -0.140. The van der Waals surface area contributed by atoms with Crippen LogP contribution < -0.4 is 9.62 Å². The van der Waals surface area contributed by atoms with Crippen LogP contribution in [-0.2, 0) is 26.2 Å². The first-order valence-corrected chi connectivity index (χ1v) is 14.3. The average Bonchev–Trinajstić information content (AvgIpc) is 2.88. The lowest BCUT2D eigenvalue weighted by Gasteiger charge is -2.34. The number of nitrogens with zero attached hydrogens (tertiary/aromatic N) is 2. The minimum Gasteiger partial charge on any atom is -0.352 e. The summed E-state index contributed by atoms with van der Waals surface area (Å²) < 4.78 is 28.9. The molecule has 0 saturated carbocycles. The first-order valence-electron chi connectivity index (χ1n) is 12.8. The lowest BCUT2D eigenvalue weighted by Crippen LogP contribution is -2.53. The second kappa shape index (κ2) is 12.7. The molecule has 8 heteroatoms. The van der Waals surface area contributed by atoms with E-state index in [9.17, 15) is 18.0 Å². The molecule has 0 aliphatic carbocycles. The minimum atomic E-state index is -4.08. The molecule has 0 heterocycles. The fourth-order valence-electron chi connectivity index (χ4n) is 4.40. The second-order valence-electron chi connectivity index (χ2n) is 9.71. The maximum atomic E-state index is 14.0. The molecule has 2 amide bonds. The van der Waals surface area contributed by atoms with E-state index in [2.05, 4.69) is 5.32 Å². The maximum Gasteiger partial charge on any atom is 0.264 e. The first-order chi connectivity index (χ1) is 18.0. The van der Waals surface area contributed by atoms with E-state index in [0.717, 1.165) is 21.0 Å². The van der Waals surface area contributed by atoms with Crippen LogP contribution in [0.15, 0.2) is 83.8 Å². The van der Waals surface area contributed by atoms with Crippen molar-refractivity contribution in [2.24, 2.45) is 0 Å². The summed E-state index contributed by atoms with van der Waals surface area (Å²) in [4.78, 5) is 28.7. The third kappa shape index (κ3) is 7.01. The zero-order chi connectivity index (χ0) is 27.9. The van der Waals surface area contributed by atoms with Gasteiger partial charge in [-0.05, 0) is 63.4 Å². The second-order valence-corrected chi connectivity index (χ2v) is 11.6. The molecule has 0 bridgehead atoms. The van der Waals surface area contributed by atoms with E-state index in [1.165, 1.54) is 17.0 Å². The van der Waals surface area contributed by atoms with Crippen LogP contribution in [0.2, 0.25) is 0 Å². The summed E-state index contributed by atoms with van der Waals surface area (Å²) in [5.74, 6) is -0.727. The summed E-state index contributed by atoms with van der Waals surface area (Å²) in [6.45, 7) is 9.06. The smallest absolute Gasteiger partial charge is 0.264 e. The molecule has 0 saturated heterocycles. The van der Waals surface area contributed by atoms with Crippen LogP contribution >= 0.6 is 0 Å². The van der Waals surface area contributed by atoms with Crippen molar-refractivity contribution in [2.75, 3.05) is 10.8 Å². The largest absolute Gasteiger partial charge is 0.352 e. The van der Waals surface area contributed by atoms with Crippen molar-refractivity contribution in [3.05, 3.63) is 95.6 Å². The van der Waals surface area contributed by atoms with Gasteiger partial charge >= 0.3 is 0 Å². The van der Waals surface area contributed by atoms with Crippen LogP contribution in [0, 0.1) is 13.8 Å². The summed E-state index contributed by atoms with van der Waals surface area (Å²) in [5.41, 5.74) is 2.99. The molecule has 1 unspecified atom stereocenters. The average molecular weight is 536 g/mol. The van der Waals surface area contributed by atoms with Crippen LogP contribution in [-0.4, -0.2) is 43.8 Å². The van der Waals surface area contributed by atoms with Crippen molar-refractivity contribution in [1.29, 1.82) is 0 Å². The predicted molar refractivity (Wildman–Crippen MR) is 151 cm³/mol. The van der Waals surface area contributed by atoms with Gasteiger partial charge in [-0.3, -0.25) is 13.9 Å². The molecule has 0 aliphatic rings. The topological polar surface area (TPSA) is 86.8 Å². The van der Waals surface area contributed by atoms with Gasteiger partial charge in [0.1, 0.15) is 12.6 Å². The molecule has 0 spiro atoms. The summed E-state index contributed by atoms with van der Waals surface area (Å²) >= 11 is 0. The lowest BCUT2D eigenvalue weighted by atomic mass is 10.1. The minimum absolute atomic E-state index is 0.0898. The third-order valence-electron chi connectivity index (χ3n) is 6.24. The highest BCUT2D eigenvalue weighted by Gasteiger charge is 2.34. The molecule has 1 atom stereocenters. The zero-order valence-corrected chi connectivity index (χ0v) is 23.5. The van der Waals surface area contributed by atoms with E-state index in [1.54, 1.807) is 24.3 Å². The number of carbonyl (C=O) groups excluding carboxylic acids is 2. The molecule has 3 aromatic carbocycles. The molecule has 1 N–H and O–H groups in total. The van der Waals surface area contributed by atoms with E-state index >= 15 is 0 Å². The maximum absolute atomic E-state index is 14.0. The number of sulfonamides is 1. The standard InChI is InChI=1S/C30H37N3O4S/c1-6-27(30(35)31-22(2)3)32(20-25-13-9-7-10-14-25)29(34)21-33(28-18-17-23(4)19-24(28)5)38(36,37)26-15-11-8-12-16-26/h7-19,22,27H,6,20-21H2,1-5H3,(H,31,35). The van der Waals surface area contributed by atoms with Crippen molar-refractivity contribution in [2.45, 2.75) is 64.6 Å². The van der Waals surface area contributed by atoms with Crippen LogP contribution in [0.3, 0.4) is 0 Å². The molecule has 0 aliphatic heterocycles. The van der Waals surface area contributed by atoms with Crippen molar-refractivity contribution in [3.63, 3.8) is 0 Å². The van der Waals surface area contributed by atoms with Gasteiger partial charge in [0.05, 0.1) is 10.6 Å². The van der Waals surface area contributed by atoms with Gasteiger partial charge in [0.25, 0.3) is 10.0 Å². The summed E-state index contributed by atoms with van der Waals surface area (Å²) in [6, 6.07) is 22.1. The van der Waals surface area contributed by atoms with Crippen molar-refractivity contribution >= 4 is 27.5 Å². The highest BCUT2D eigenvalue weighted by atomic mass is 32.2. The fourth-order valence-corrected chi connectivity index (χ4v) is 5.90. The summed E-state index contributed by atoms with van der Waals surface area (Å²) in [7, 11) is -4.08. The molecule has 38 heavy (non-hydrogen) atoms.